The molecule has 3 fully saturated rings. The number of aryl methyl sites for hydroxylation is 1. The Bertz CT molecular complexity index is 1040. The minimum Gasteiger partial charge on any atom is -0.347 e. The van der Waals surface area contributed by atoms with Crippen molar-refractivity contribution in [2.75, 3.05) is 0 Å². The number of thioether (sulfide) groups is 1. The molecule has 5 heteroatoms. The van der Waals surface area contributed by atoms with Gasteiger partial charge in [-0.3, -0.25) is 14.7 Å². The van der Waals surface area contributed by atoms with Crippen molar-refractivity contribution in [2.45, 2.75) is 83.2 Å². The molecule has 5 rings (SSSR count). The van der Waals surface area contributed by atoms with Crippen molar-refractivity contribution in [3.8, 4) is 0 Å². The van der Waals surface area contributed by atoms with Crippen molar-refractivity contribution in [2.24, 2.45) is 12.0 Å². The molecule has 0 unspecified atom stereocenters. The van der Waals surface area contributed by atoms with Gasteiger partial charge in [0.1, 0.15) is 0 Å². The maximum atomic E-state index is 13.7. The number of fused-ring (bicyclic) bond motifs is 1. The first-order valence-electron chi connectivity index (χ1n) is 12.0. The van der Waals surface area contributed by atoms with E-state index in [2.05, 4.69) is 53.8 Å². The van der Waals surface area contributed by atoms with Crippen LogP contribution in [0.2, 0.25) is 0 Å². The van der Waals surface area contributed by atoms with Crippen LogP contribution in [0, 0.1) is 6.92 Å². The fourth-order valence-electron chi connectivity index (χ4n) is 5.47. The van der Waals surface area contributed by atoms with E-state index in [4.69, 9.17) is 4.99 Å². The number of para-hydroxylation sites is 1. The first kappa shape index (κ1) is 20.9. The molecule has 0 bridgehead atoms. The predicted molar refractivity (Wildman–Crippen MR) is 131 cm³/mol. The smallest absolute Gasteiger partial charge is 0.267 e. The molecule has 0 spiro atoms. The normalized spacial score (nSPS) is 24.2. The second kappa shape index (κ2) is 8.85. The molecule has 3 aliphatic rings. The number of aliphatic imine (C=N–C) groups is 1. The van der Waals surface area contributed by atoms with E-state index < -0.39 is 0 Å². The summed E-state index contributed by atoms with van der Waals surface area (Å²) < 4.78 is 2.22. The molecular formula is C26H33N3OS. The highest BCUT2D eigenvalue weighted by molar-refractivity contribution is 8.18. The summed E-state index contributed by atoms with van der Waals surface area (Å²) in [5.41, 5.74) is 3.57. The van der Waals surface area contributed by atoms with Crippen LogP contribution in [0.3, 0.4) is 0 Å². The Morgan fingerprint density at radius 3 is 2.42 bits per heavy atom. The summed E-state index contributed by atoms with van der Waals surface area (Å²) in [6.45, 7) is 2.15. The molecule has 1 aromatic carbocycles. The van der Waals surface area contributed by atoms with E-state index in [1.54, 1.807) is 11.8 Å². The fourth-order valence-corrected chi connectivity index (χ4v) is 6.56. The Hall–Kier alpha value is -2.01. The van der Waals surface area contributed by atoms with Crippen LogP contribution in [0.5, 0.6) is 0 Å². The fraction of sp³-hybridized carbons (Fsp3) is 0.538. The van der Waals surface area contributed by atoms with Crippen molar-refractivity contribution < 1.29 is 4.79 Å². The van der Waals surface area contributed by atoms with Gasteiger partial charge in [-0.25, -0.2) is 0 Å². The van der Waals surface area contributed by atoms with Crippen molar-refractivity contribution in [3.05, 3.63) is 40.4 Å². The summed E-state index contributed by atoms with van der Waals surface area (Å²) in [6.07, 6.45) is 14.3. The number of nitrogens with zero attached hydrogens (tertiary/aromatic N) is 3. The molecule has 1 saturated heterocycles. The molecule has 0 N–H and O–H groups in total. The van der Waals surface area contributed by atoms with E-state index in [-0.39, 0.29) is 5.91 Å². The Morgan fingerprint density at radius 1 is 1.00 bits per heavy atom. The molecule has 1 aromatic heterocycles. The summed E-state index contributed by atoms with van der Waals surface area (Å²) in [6, 6.07) is 9.17. The van der Waals surface area contributed by atoms with Gasteiger partial charge in [0.25, 0.3) is 5.91 Å². The number of carbonyl (C=O) groups is 1. The van der Waals surface area contributed by atoms with Gasteiger partial charge < -0.3 is 4.57 Å². The van der Waals surface area contributed by atoms with Gasteiger partial charge in [-0.15, -0.1) is 0 Å². The molecule has 2 heterocycles. The lowest BCUT2D eigenvalue weighted by atomic mass is 9.94. The highest BCUT2D eigenvalue weighted by Gasteiger charge is 2.39. The molecule has 164 valence electrons. The quantitative estimate of drug-likeness (QED) is 0.521. The van der Waals surface area contributed by atoms with E-state index >= 15 is 0 Å². The van der Waals surface area contributed by atoms with Crippen molar-refractivity contribution >= 4 is 39.8 Å². The van der Waals surface area contributed by atoms with E-state index in [0.717, 1.165) is 41.3 Å². The van der Waals surface area contributed by atoms with E-state index in [1.807, 2.05) is 0 Å². The first-order valence-corrected chi connectivity index (χ1v) is 12.8. The second-order valence-electron chi connectivity index (χ2n) is 9.36. The van der Waals surface area contributed by atoms with Gasteiger partial charge in [0.2, 0.25) is 0 Å². The largest absolute Gasteiger partial charge is 0.347 e. The van der Waals surface area contributed by atoms with Gasteiger partial charge in [0.05, 0.1) is 10.9 Å². The van der Waals surface area contributed by atoms with Crippen LogP contribution in [0.4, 0.5) is 0 Å². The Balaban J connectivity index is 1.53. The number of hydrogen-bond acceptors (Lipinski definition) is 3. The maximum Gasteiger partial charge on any atom is 0.267 e. The minimum absolute atomic E-state index is 0.166. The van der Waals surface area contributed by atoms with Crippen LogP contribution in [0.1, 0.15) is 75.5 Å². The third kappa shape index (κ3) is 3.97. The summed E-state index contributed by atoms with van der Waals surface area (Å²) >= 11 is 1.61. The lowest BCUT2D eigenvalue weighted by Crippen LogP contribution is -2.41. The monoisotopic (exact) mass is 435 g/mol. The lowest BCUT2D eigenvalue weighted by molar-refractivity contribution is -0.124. The second-order valence-corrected chi connectivity index (χ2v) is 10.4. The van der Waals surface area contributed by atoms with Crippen LogP contribution in [-0.2, 0) is 11.8 Å². The van der Waals surface area contributed by atoms with E-state index in [0.29, 0.717) is 12.1 Å². The van der Waals surface area contributed by atoms with E-state index in [9.17, 15) is 4.79 Å². The number of amidine groups is 1. The average Bonchev–Trinajstić information content (AvgIpc) is 3.24. The van der Waals surface area contributed by atoms with Crippen LogP contribution >= 0.6 is 11.8 Å². The van der Waals surface area contributed by atoms with Gasteiger partial charge in [-0.1, -0.05) is 56.7 Å². The Kier molecular flexibility index (Phi) is 5.96. The number of hydrogen-bond donors (Lipinski definition) is 0. The van der Waals surface area contributed by atoms with Gasteiger partial charge >= 0.3 is 0 Å². The minimum atomic E-state index is 0.166. The molecule has 0 radical (unpaired) electrons. The molecule has 2 saturated carbocycles. The molecule has 1 amide bonds. The molecular weight excluding hydrogens is 402 g/mol. The zero-order valence-corrected chi connectivity index (χ0v) is 19.6. The predicted octanol–water partition coefficient (Wildman–Crippen LogP) is 6.42. The van der Waals surface area contributed by atoms with E-state index in [1.165, 1.54) is 55.1 Å². The molecule has 4 nitrogen and oxygen atoms in total. The third-order valence-electron chi connectivity index (χ3n) is 7.37. The van der Waals surface area contributed by atoms with Gasteiger partial charge in [0, 0.05) is 35.2 Å². The Labute approximate surface area is 189 Å². The van der Waals surface area contributed by atoms with Crippen molar-refractivity contribution in [1.29, 1.82) is 0 Å². The first-order chi connectivity index (χ1) is 15.1. The molecule has 0 atom stereocenters. The van der Waals surface area contributed by atoms with Gasteiger partial charge in [0.15, 0.2) is 5.17 Å². The van der Waals surface area contributed by atoms with Crippen molar-refractivity contribution in [1.82, 2.24) is 9.47 Å². The number of carbonyl (C=O) groups excluding carboxylic acids is 1. The molecule has 31 heavy (non-hydrogen) atoms. The summed E-state index contributed by atoms with van der Waals surface area (Å²) in [7, 11) is 2.10. The third-order valence-corrected chi connectivity index (χ3v) is 8.37. The highest BCUT2D eigenvalue weighted by atomic mass is 32.2. The van der Waals surface area contributed by atoms with Crippen LogP contribution in [0.15, 0.2) is 34.2 Å². The molecule has 1 aliphatic heterocycles. The van der Waals surface area contributed by atoms with Crippen molar-refractivity contribution in [3.63, 3.8) is 0 Å². The maximum absolute atomic E-state index is 13.7. The highest BCUT2D eigenvalue weighted by Crippen LogP contribution is 2.39. The number of amides is 1. The van der Waals surface area contributed by atoms with Crippen LogP contribution < -0.4 is 0 Å². The summed E-state index contributed by atoms with van der Waals surface area (Å²) in [4.78, 5) is 21.7. The van der Waals surface area contributed by atoms with Crippen LogP contribution in [0.25, 0.3) is 17.0 Å². The standard InChI is InChI=1S/C26H33N3OS/c1-18-22(21-15-9-10-16-23(21)28(18)2)17-24-25(30)29(20-13-7-4-8-14-20)26(31-24)27-19-11-5-3-6-12-19/h9-10,15-17,19-20H,3-8,11-14H2,1-2H3/b24-17+,27-26?. The zero-order chi connectivity index (χ0) is 21.4. The van der Waals surface area contributed by atoms with Gasteiger partial charge in [-0.05, 0) is 56.5 Å². The Morgan fingerprint density at radius 2 is 1.68 bits per heavy atom. The number of aromatic nitrogens is 1. The summed E-state index contributed by atoms with van der Waals surface area (Å²) in [5, 5.41) is 2.18. The SMILES string of the molecule is Cc1c(/C=C2/SC(=NC3CCCCC3)N(C3CCCCC3)C2=O)c2ccccc2n1C. The topological polar surface area (TPSA) is 37.6 Å². The molecule has 2 aliphatic carbocycles. The zero-order valence-electron chi connectivity index (χ0n) is 18.8. The van der Waals surface area contributed by atoms with Crippen LogP contribution in [-0.4, -0.2) is 32.6 Å². The molecule has 2 aromatic rings. The number of benzene rings is 1. The number of rotatable bonds is 3. The lowest BCUT2D eigenvalue weighted by Gasteiger charge is -2.31. The average molecular weight is 436 g/mol. The van der Waals surface area contributed by atoms with Gasteiger partial charge in [-0.2, -0.15) is 0 Å². The summed E-state index contributed by atoms with van der Waals surface area (Å²) in [5.74, 6) is 0.166.